The molecule has 2 heteroatoms. The Morgan fingerprint density at radius 2 is 1.67 bits per heavy atom. The Bertz CT molecular complexity index is 619. The largest absolute Gasteiger partial charge is 0.345 e. The maximum atomic E-state index is 13.4. The first-order chi connectivity index (χ1) is 11.3. The first-order valence-corrected chi connectivity index (χ1v) is 9.61. The molecule has 0 spiro atoms. The summed E-state index contributed by atoms with van der Waals surface area (Å²) in [5.74, 6) is 1.21. The van der Waals surface area contributed by atoms with Crippen LogP contribution < -0.4 is 0 Å². The second kappa shape index (κ2) is 5.34. The van der Waals surface area contributed by atoms with Crippen LogP contribution in [0.3, 0.4) is 0 Å². The van der Waals surface area contributed by atoms with Crippen LogP contribution in [0.1, 0.15) is 57.9 Å². The van der Waals surface area contributed by atoms with Crippen LogP contribution >= 0.6 is 0 Å². The zero-order valence-electron chi connectivity index (χ0n) is 15.5. The molecule has 4 fully saturated rings. The maximum Gasteiger partial charge on any atom is 0.228 e. The number of carbonyl (C=O) groups excluding carboxylic acids is 1. The van der Waals surface area contributed by atoms with Crippen LogP contribution in [-0.4, -0.2) is 24.4 Å². The fraction of sp³-hybridized carbons (Fsp3) is 0.682. The van der Waals surface area contributed by atoms with Gasteiger partial charge in [0.1, 0.15) is 0 Å². The number of hydrogen-bond donors (Lipinski definition) is 0. The van der Waals surface area contributed by atoms with E-state index in [0.717, 1.165) is 38.1 Å². The van der Waals surface area contributed by atoms with E-state index in [0.29, 0.717) is 16.7 Å². The van der Waals surface area contributed by atoms with E-state index in [-0.39, 0.29) is 5.41 Å². The Balaban J connectivity index is 1.49. The van der Waals surface area contributed by atoms with Gasteiger partial charge in [-0.25, -0.2) is 0 Å². The fourth-order valence-electron chi connectivity index (χ4n) is 7.13. The van der Waals surface area contributed by atoms with Gasteiger partial charge in [0, 0.05) is 13.6 Å². The van der Waals surface area contributed by atoms with Crippen molar-refractivity contribution in [3.05, 3.63) is 35.9 Å². The lowest BCUT2D eigenvalue weighted by Crippen LogP contribution is -2.60. The number of rotatable bonds is 4. The molecule has 0 radical (unpaired) electrons. The van der Waals surface area contributed by atoms with Crippen molar-refractivity contribution in [3.8, 4) is 0 Å². The summed E-state index contributed by atoms with van der Waals surface area (Å²) < 4.78 is 0. The van der Waals surface area contributed by atoms with Gasteiger partial charge in [-0.1, -0.05) is 44.2 Å². The average Bonchev–Trinajstić information content (AvgIpc) is 2.49. The Labute approximate surface area is 146 Å². The Hall–Kier alpha value is -1.31. The van der Waals surface area contributed by atoms with Crippen molar-refractivity contribution in [1.82, 2.24) is 4.90 Å². The molecule has 0 saturated heterocycles. The predicted octanol–water partition coefficient (Wildman–Crippen LogP) is 4.68. The van der Waals surface area contributed by atoms with Crippen LogP contribution in [0.5, 0.6) is 0 Å². The molecule has 0 aromatic heterocycles. The lowest BCUT2D eigenvalue weighted by atomic mass is 9.40. The minimum Gasteiger partial charge on any atom is -0.345 e. The second-order valence-electron chi connectivity index (χ2n) is 9.87. The minimum absolute atomic E-state index is 0.0612. The standard InChI is InChI=1S/C22H31NO/c1-20-11-18-12-21(2,14-20)16-22(13-18,15-20)19(24)23(3)10-9-17-7-5-4-6-8-17/h4-8,18H,9-16H2,1-3H3. The number of nitrogens with zero attached hydrogens (tertiary/aromatic N) is 1. The SMILES string of the molecule is CN(CCc1ccccc1)C(=O)C12CC3CC(C)(CC(C)(C3)C1)C2. The lowest BCUT2D eigenvalue weighted by Gasteiger charge is -2.65. The van der Waals surface area contributed by atoms with Crippen molar-refractivity contribution in [3.63, 3.8) is 0 Å². The van der Waals surface area contributed by atoms with Crippen LogP contribution in [0.4, 0.5) is 0 Å². The van der Waals surface area contributed by atoms with Gasteiger partial charge in [0.25, 0.3) is 0 Å². The molecule has 0 heterocycles. The molecule has 4 aliphatic rings. The molecular formula is C22H31NO. The molecule has 1 amide bonds. The summed E-state index contributed by atoms with van der Waals surface area (Å²) in [5.41, 5.74) is 2.07. The molecule has 130 valence electrons. The van der Waals surface area contributed by atoms with E-state index in [9.17, 15) is 4.79 Å². The number of amides is 1. The third-order valence-electron chi connectivity index (χ3n) is 7.01. The van der Waals surface area contributed by atoms with Gasteiger partial charge in [0.15, 0.2) is 0 Å². The fourth-order valence-corrected chi connectivity index (χ4v) is 7.13. The number of hydrogen-bond acceptors (Lipinski definition) is 1. The molecule has 4 bridgehead atoms. The van der Waals surface area contributed by atoms with E-state index >= 15 is 0 Å². The summed E-state index contributed by atoms with van der Waals surface area (Å²) in [6.07, 6.45) is 8.39. The summed E-state index contributed by atoms with van der Waals surface area (Å²) >= 11 is 0. The van der Waals surface area contributed by atoms with Crippen molar-refractivity contribution in [2.45, 2.75) is 58.8 Å². The van der Waals surface area contributed by atoms with Crippen LogP contribution in [0.15, 0.2) is 30.3 Å². The molecule has 2 unspecified atom stereocenters. The molecule has 0 aliphatic heterocycles. The molecule has 2 nitrogen and oxygen atoms in total. The molecule has 0 N–H and O–H groups in total. The third-order valence-corrected chi connectivity index (χ3v) is 7.01. The predicted molar refractivity (Wildman–Crippen MR) is 97.6 cm³/mol. The summed E-state index contributed by atoms with van der Waals surface area (Å²) in [5, 5.41) is 0. The average molecular weight is 325 g/mol. The highest BCUT2D eigenvalue weighted by Crippen LogP contribution is 2.69. The van der Waals surface area contributed by atoms with Crippen molar-refractivity contribution in [2.24, 2.45) is 22.2 Å². The van der Waals surface area contributed by atoms with E-state index in [1.807, 2.05) is 11.9 Å². The topological polar surface area (TPSA) is 20.3 Å². The van der Waals surface area contributed by atoms with E-state index in [2.05, 4.69) is 44.2 Å². The minimum atomic E-state index is -0.0612. The molecule has 1 aromatic carbocycles. The molecule has 5 rings (SSSR count). The highest BCUT2D eigenvalue weighted by atomic mass is 16.2. The van der Waals surface area contributed by atoms with Crippen molar-refractivity contribution < 1.29 is 4.79 Å². The van der Waals surface area contributed by atoms with Gasteiger partial charge in [-0.3, -0.25) is 4.79 Å². The second-order valence-corrected chi connectivity index (χ2v) is 9.87. The first kappa shape index (κ1) is 16.2. The van der Waals surface area contributed by atoms with Crippen LogP contribution in [-0.2, 0) is 11.2 Å². The maximum absolute atomic E-state index is 13.4. The zero-order valence-corrected chi connectivity index (χ0v) is 15.5. The van der Waals surface area contributed by atoms with Gasteiger partial charge in [0.2, 0.25) is 5.91 Å². The van der Waals surface area contributed by atoms with Crippen molar-refractivity contribution in [1.29, 1.82) is 0 Å². The van der Waals surface area contributed by atoms with Gasteiger partial charge in [-0.15, -0.1) is 0 Å². The number of likely N-dealkylation sites (N-methyl/N-ethyl adjacent to an activating group) is 1. The van der Waals surface area contributed by atoms with E-state index in [4.69, 9.17) is 0 Å². The smallest absolute Gasteiger partial charge is 0.228 e. The van der Waals surface area contributed by atoms with E-state index in [1.165, 1.54) is 24.8 Å². The number of benzene rings is 1. The molecule has 2 atom stereocenters. The van der Waals surface area contributed by atoms with Gasteiger partial charge in [0.05, 0.1) is 5.41 Å². The highest BCUT2D eigenvalue weighted by Gasteiger charge is 2.63. The van der Waals surface area contributed by atoms with Crippen LogP contribution in [0, 0.1) is 22.2 Å². The molecule has 24 heavy (non-hydrogen) atoms. The van der Waals surface area contributed by atoms with Crippen LogP contribution in [0.25, 0.3) is 0 Å². The molecule has 4 aliphatic carbocycles. The van der Waals surface area contributed by atoms with E-state index < -0.39 is 0 Å². The summed E-state index contributed by atoms with van der Waals surface area (Å²) in [6.45, 7) is 5.73. The summed E-state index contributed by atoms with van der Waals surface area (Å²) in [7, 11) is 2.02. The zero-order chi connectivity index (χ0) is 17.0. The van der Waals surface area contributed by atoms with Gasteiger partial charge in [-0.2, -0.15) is 0 Å². The van der Waals surface area contributed by atoms with Gasteiger partial charge < -0.3 is 4.90 Å². The first-order valence-electron chi connectivity index (χ1n) is 9.61. The van der Waals surface area contributed by atoms with Gasteiger partial charge >= 0.3 is 0 Å². The molecular weight excluding hydrogens is 294 g/mol. The summed E-state index contributed by atoms with van der Waals surface area (Å²) in [4.78, 5) is 15.5. The highest BCUT2D eigenvalue weighted by molar-refractivity contribution is 5.83. The quantitative estimate of drug-likeness (QED) is 0.787. The van der Waals surface area contributed by atoms with E-state index in [1.54, 1.807) is 0 Å². The molecule has 4 saturated carbocycles. The van der Waals surface area contributed by atoms with Crippen molar-refractivity contribution in [2.75, 3.05) is 13.6 Å². The number of carbonyl (C=O) groups is 1. The monoisotopic (exact) mass is 325 g/mol. The normalized spacial score (nSPS) is 39.9. The Morgan fingerprint density at radius 1 is 1.04 bits per heavy atom. The lowest BCUT2D eigenvalue weighted by molar-refractivity contribution is -0.178. The molecule has 1 aromatic rings. The summed E-state index contributed by atoms with van der Waals surface area (Å²) in [6, 6.07) is 10.5. The van der Waals surface area contributed by atoms with Crippen LogP contribution in [0.2, 0.25) is 0 Å². The van der Waals surface area contributed by atoms with Gasteiger partial charge in [-0.05, 0) is 67.3 Å². The Kier molecular flexibility index (Phi) is 3.60. The third kappa shape index (κ3) is 2.68. The van der Waals surface area contributed by atoms with Crippen molar-refractivity contribution >= 4 is 5.91 Å². The Morgan fingerprint density at radius 3 is 2.25 bits per heavy atom.